The lowest BCUT2D eigenvalue weighted by Gasteiger charge is -2.32. The predicted octanol–water partition coefficient (Wildman–Crippen LogP) is 3.23. The molecule has 0 fully saturated rings. The van der Waals surface area contributed by atoms with Gasteiger partial charge in [-0.3, -0.25) is 9.69 Å². The zero-order valence-electron chi connectivity index (χ0n) is 12.4. The summed E-state index contributed by atoms with van der Waals surface area (Å²) in [5.74, 6) is 1.30. The van der Waals surface area contributed by atoms with E-state index >= 15 is 0 Å². The van der Waals surface area contributed by atoms with E-state index in [0.29, 0.717) is 29.4 Å². The number of ether oxygens (including phenoxy) is 1. The number of amides is 1. The number of rotatable bonds is 2. The number of fused-ring (bicyclic) bond motifs is 1. The van der Waals surface area contributed by atoms with E-state index in [0.717, 1.165) is 0 Å². The van der Waals surface area contributed by atoms with Gasteiger partial charge in [0.15, 0.2) is 0 Å². The summed E-state index contributed by atoms with van der Waals surface area (Å²) in [5, 5.41) is 0. The number of aromatic nitrogens is 1. The van der Waals surface area contributed by atoms with Crippen molar-refractivity contribution < 1.29 is 13.9 Å². The van der Waals surface area contributed by atoms with Gasteiger partial charge in [-0.05, 0) is 25.1 Å². The highest BCUT2D eigenvalue weighted by Gasteiger charge is 2.31. The second-order valence-corrected chi connectivity index (χ2v) is 5.53. The fourth-order valence-electron chi connectivity index (χ4n) is 2.54. The first kappa shape index (κ1) is 13.7. The number of carbonyl (C=O) groups excluding carboxylic acids is 1. The fraction of sp³-hybridized carbons (Fsp3) is 0.375. The van der Waals surface area contributed by atoms with Crippen molar-refractivity contribution >= 4 is 11.6 Å². The molecule has 3 heterocycles. The van der Waals surface area contributed by atoms with Crippen molar-refractivity contribution in [2.24, 2.45) is 0 Å². The lowest BCUT2D eigenvalue weighted by atomic mass is 10.1. The Morgan fingerprint density at radius 2 is 2.24 bits per heavy atom. The van der Waals surface area contributed by atoms with Crippen LogP contribution in [-0.2, 0) is 0 Å². The SMILES string of the molecule is CC1CN(C(=O)c2ccoc2C(C)C)c2cccnc2O1. The minimum Gasteiger partial charge on any atom is -0.471 e. The third kappa shape index (κ3) is 2.39. The molecule has 0 saturated heterocycles. The van der Waals surface area contributed by atoms with Gasteiger partial charge in [0.1, 0.15) is 17.6 Å². The van der Waals surface area contributed by atoms with E-state index in [2.05, 4.69) is 4.98 Å². The van der Waals surface area contributed by atoms with Crippen LogP contribution in [0.3, 0.4) is 0 Å². The first-order chi connectivity index (χ1) is 10.1. The van der Waals surface area contributed by atoms with Gasteiger partial charge in [-0.25, -0.2) is 4.98 Å². The minimum atomic E-state index is -0.0919. The van der Waals surface area contributed by atoms with E-state index < -0.39 is 0 Å². The molecule has 2 aromatic heterocycles. The maximum atomic E-state index is 12.9. The lowest BCUT2D eigenvalue weighted by Crippen LogP contribution is -2.42. The topological polar surface area (TPSA) is 55.6 Å². The second-order valence-electron chi connectivity index (χ2n) is 5.53. The van der Waals surface area contributed by atoms with Crippen LogP contribution in [0.5, 0.6) is 5.88 Å². The largest absolute Gasteiger partial charge is 0.471 e. The summed E-state index contributed by atoms with van der Waals surface area (Å²) >= 11 is 0. The van der Waals surface area contributed by atoms with Gasteiger partial charge in [-0.1, -0.05) is 13.8 Å². The molecule has 1 aliphatic rings. The summed E-state index contributed by atoms with van der Waals surface area (Å²) in [6.45, 7) is 6.44. The summed E-state index contributed by atoms with van der Waals surface area (Å²) in [7, 11) is 0. The molecular weight excluding hydrogens is 268 g/mol. The Bertz CT molecular complexity index is 663. The van der Waals surface area contributed by atoms with E-state index in [9.17, 15) is 4.79 Å². The van der Waals surface area contributed by atoms with Gasteiger partial charge in [-0.15, -0.1) is 0 Å². The molecule has 0 radical (unpaired) electrons. The Labute approximate surface area is 123 Å². The third-order valence-electron chi connectivity index (χ3n) is 3.49. The normalized spacial score (nSPS) is 17.5. The van der Waals surface area contributed by atoms with Crippen molar-refractivity contribution in [2.45, 2.75) is 32.8 Å². The number of carbonyl (C=O) groups is 1. The molecule has 0 aliphatic carbocycles. The molecule has 0 N–H and O–H groups in total. The van der Waals surface area contributed by atoms with Crippen molar-refractivity contribution in [1.29, 1.82) is 0 Å². The molecule has 0 bridgehead atoms. The van der Waals surface area contributed by atoms with Crippen LogP contribution in [0.1, 0.15) is 42.8 Å². The Morgan fingerprint density at radius 1 is 1.43 bits per heavy atom. The minimum absolute atomic E-state index is 0.0724. The van der Waals surface area contributed by atoms with Crippen LogP contribution < -0.4 is 9.64 Å². The smallest absolute Gasteiger partial charge is 0.262 e. The van der Waals surface area contributed by atoms with Gasteiger partial charge in [0.25, 0.3) is 5.91 Å². The summed E-state index contributed by atoms with van der Waals surface area (Å²) in [6, 6.07) is 5.38. The first-order valence-electron chi connectivity index (χ1n) is 7.09. The van der Waals surface area contributed by atoms with Gasteiger partial charge in [0, 0.05) is 12.1 Å². The average Bonchev–Trinajstić information content (AvgIpc) is 2.95. The van der Waals surface area contributed by atoms with E-state index in [-0.39, 0.29) is 17.9 Å². The van der Waals surface area contributed by atoms with E-state index in [1.807, 2.05) is 26.8 Å². The highest BCUT2D eigenvalue weighted by molar-refractivity contribution is 6.07. The van der Waals surface area contributed by atoms with E-state index in [1.54, 1.807) is 29.5 Å². The average molecular weight is 286 g/mol. The summed E-state index contributed by atoms with van der Waals surface area (Å²) in [4.78, 5) is 18.8. The Kier molecular flexibility index (Phi) is 3.41. The molecule has 0 spiro atoms. The molecule has 1 amide bonds. The number of hydrogen-bond donors (Lipinski definition) is 0. The molecule has 110 valence electrons. The van der Waals surface area contributed by atoms with Gasteiger partial charge < -0.3 is 9.15 Å². The summed E-state index contributed by atoms with van der Waals surface area (Å²) < 4.78 is 11.1. The second kappa shape index (κ2) is 5.24. The lowest BCUT2D eigenvalue weighted by molar-refractivity contribution is 0.0956. The fourth-order valence-corrected chi connectivity index (χ4v) is 2.54. The van der Waals surface area contributed by atoms with Crippen molar-refractivity contribution in [3.8, 4) is 5.88 Å². The van der Waals surface area contributed by atoms with Gasteiger partial charge in [0.2, 0.25) is 5.88 Å². The van der Waals surface area contributed by atoms with Crippen LogP contribution >= 0.6 is 0 Å². The van der Waals surface area contributed by atoms with Crippen LogP contribution in [0.15, 0.2) is 35.1 Å². The molecule has 1 atom stereocenters. The number of hydrogen-bond acceptors (Lipinski definition) is 4. The van der Waals surface area contributed by atoms with Crippen LogP contribution in [0.2, 0.25) is 0 Å². The molecule has 2 aromatic rings. The molecule has 21 heavy (non-hydrogen) atoms. The zero-order valence-corrected chi connectivity index (χ0v) is 12.4. The van der Waals surface area contributed by atoms with Gasteiger partial charge >= 0.3 is 0 Å². The van der Waals surface area contributed by atoms with Crippen LogP contribution in [-0.4, -0.2) is 23.5 Å². The van der Waals surface area contributed by atoms with Crippen molar-refractivity contribution in [1.82, 2.24) is 4.98 Å². The molecule has 3 rings (SSSR count). The molecule has 0 aromatic carbocycles. The number of nitrogens with zero attached hydrogens (tertiary/aromatic N) is 2. The maximum absolute atomic E-state index is 12.9. The van der Waals surface area contributed by atoms with Crippen LogP contribution in [0.4, 0.5) is 5.69 Å². The Morgan fingerprint density at radius 3 is 3.00 bits per heavy atom. The van der Waals surface area contributed by atoms with Gasteiger partial charge in [0.05, 0.1) is 18.4 Å². The summed E-state index contributed by atoms with van der Waals surface area (Å²) in [5.41, 5.74) is 1.31. The molecule has 1 unspecified atom stereocenters. The van der Waals surface area contributed by atoms with Crippen LogP contribution in [0, 0.1) is 0 Å². The molecule has 1 aliphatic heterocycles. The van der Waals surface area contributed by atoms with Crippen molar-refractivity contribution in [2.75, 3.05) is 11.4 Å². The number of anilines is 1. The molecular formula is C16H18N2O3. The van der Waals surface area contributed by atoms with Crippen LogP contribution in [0.25, 0.3) is 0 Å². The Balaban J connectivity index is 2.00. The highest BCUT2D eigenvalue weighted by Crippen LogP contribution is 2.33. The summed E-state index contributed by atoms with van der Waals surface area (Å²) in [6.07, 6.45) is 3.14. The molecule has 5 nitrogen and oxygen atoms in total. The highest BCUT2D eigenvalue weighted by atomic mass is 16.5. The zero-order chi connectivity index (χ0) is 15.0. The quantitative estimate of drug-likeness (QED) is 0.850. The van der Waals surface area contributed by atoms with E-state index in [4.69, 9.17) is 9.15 Å². The van der Waals surface area contributed by atoms with Crippen molar-refractivity contribution in [3.63, 3.8) is 0 Å². The van der Waals surface area contributed by atoms with Crippen molar-refractivity contribution in [3.05, 3.63) is 42.0 Å². The predicted molar refractivity (Wildman–Crippen MR) is 78.8 cm³/mol. The Hall–Kier alpha value is -2.30. The number of furan rings is 1. The number of pyridine rings is 1. The standard InChI is InChI=1S/C16H18N2O3/c1-10(2)14-12(6-8-20-14)16(19)18-9-11(3)21-15-13(18)5-4-7-17-15/h4-8,10-11H,9H2,1-3H3. The van der Waals surface area contributed by atoms with Gasteiger partial charge in [-0.2, -0.15) is 0 Å². The first-order valence-corrected chi connectivity index (χ1v) is 7.09. The maximum Gasteiger partial charge on any atom is 0.262 e. The molecule has 0 saturated carbocycles. The van der Waals surface area contributed by atoms with E-state index in [1.165, 1.54) is 0 Å². The third-order valence-corrected chi connectivity index (χ3v) is 3.49. The monoisotopic (exact) mass is 286 g/mol. The molecule has 5 heteroatoms.